The van der Waals surface area contributed by atoms with E-state index in [0.717, 1.165) is 19.1 Å². The third kappa shape index (κ3) is 2.48. The van der Waals surface area contributed by atoms with Crippen LogP contribution >= 0.6 is 0 Å². The van der Waals surface area contributed by atoms with Gasteiger partial charge < -0.3 is 4.74 Å². The molecule has 1 aliphatic carbocycles. The summed E-state index contributed by atoms with van der Waals surface area (Å²) in [6.45, 7) is 6.71. The summed E-state index contributed by atoms with van der Waals surface area (Å²) in [6, 6.07) is 0. The minimum absolute atomic E-state index is 0.545. The van der Waals surface area contributed by atoms with Crippen molar-refractivity contribution in [2.24, 2.45) is 5.92 Å². The Kier molecular flexibility index (Phi) is 3.82. The first kappa shape index (κ1) is 10.4. The van der Waals surface area contributed by atoms with E-state index in [2.05, 4.69) is 11.8 Å². The topological polar surface area (TPSA) is 12.5 Å². The first-order valence-electron chi connectivity index (χ1n) is 6.24. The van der Waals surface area contributed by atoms with Gasteiger partial charge in [-0.1, -0.05) is 26.2 Å². The van der Waals surface area contributed by atoms with Crippen LogP contribution in [0, 0.1) is 5.92 Å². The van der Waals surface area contributed by atoms with Crippen LogP contribution in [0.25, 0.3) is 0 Å². The normalized spacial score (nSPS) is 31.9. The molecule has 1 saturated heterocycles. The Hall–Kier alpha value is -0.0800. The fraction of sp³-hybridized carbons (Fsp3) is 1.00. The number of rotatable bonds is 2. The van der Waals surface area contributed by atoms with Gasteiger partial charge in [-0.25, -0.2) is 0 Å². The van der Waals surface area contributed by atoms with E-state index >= 15 is 0 Å². The molecule has 0 bridgehead atoms. The van der Waals surface area contributed by atoms with Gasteiger partial charge in [0, 0.05) is 13.1 Å². The molecule has 2 fully saturated rings. The molecule has 1 saturated carbocycles. The van der Waals surface area contributed by atoms with Gasteiger partial charge in [0.05, 0.1) is 12.7 Å². The monoisotopic (exact) mass is 197 g/mol. The standard InChI is InChI=1S/C12H23NO/c1-2-13-8-9-14-12(10-13)11-6-4-3-5-7-11/h11-12H,2-10H2,1H3. The molecule has 1 aliphatic heterocycles. The van der Waals surface area contributed by atoms with Crippen LogP contribution in [0.15, 0.2) is 0 Å². The van der Waals surface area contributed by atoms with Gasteiger partial charge in [-0.2, -0.15) is 0 Å². The summed E-state index contributed by atoms with van der Waals surface area (Å²) in [7, 11) is 0. The van der Waals surface area contributed by atoms with Crippen LogP contribution in [-0.4, -0.2) is 37.2 Å². The van der Waals surface area contributed by atoms with Crippen molar-refractivity contribution in [3.63, 3.8) is 0 Å². The molecule has 0 aromatic heterocycles. The highest BCUT2D eigenvalue weighted by Crippen LogP contribution is 2.29. The van der Waals surface area contributed by atoms with E-state index in [0.29, 0.717) is 6.10 Å². The zero-order valence-electron chi connectivity index (χ0n) is 9.37. The number of morpholine rings is 1. The molecule has 0 aromatic rings. The van der Waals surface area contributed by atoms with E-state index in [1.165, 1.54) is 45.2 Å². The van der Waals surface area contributed by atoms with E-state index in [1.54, 1.807) is 0 Å². The molecule has 0 amide bonds. The van der Waals surface area contributed by atoms with Crippen molar-refractivity contribution in [2.75, 3.05) is 26.2 Å². The number of ether oxygens (including phenoxy) is 1. The van der Waals surface area contributed by atoms with Gasteiger partial charge in [0.1, 0.15) is 0 Å². The molecule has 2 rings (SSSR count). The smallest absolute Gasteiger partial charge is 0.0730 e. The van der Waals surface area contributed by atoms with Crippen LogP contribution in [0.3, 0.4) is 0 Å². The van der Waals surface area contributed by atoms with Gasteiger partial charge in [0.15, 0.2) is 0 Å². The maximum absolute atomic E-state index is 5.91. The molecule has 2 aliphatic rings. The lowest BCUT2D eigenvalue weighted by Crippen LogP contribution is -2.45. The van der Waals surface area contributed by atoms with Crippen LogP contribution in [0.1, 0.15) is 39.0 Å². The second-order valence-corrected chi connectivity index (χ2v) is 4.70. The molecule has 0 spiro atoms. The van der Waals surface area contributed by atoms with E-state index < -0.39 is 0 Å². The van der Waals surface area contributed by atoms with Crippen molar-refractivity contribution in [1.29, 1.82) is 0 Å². The second kappa shape index (κ2) is 5.13. The van der Waals surface area contributed by atoms with Crippen LogP contribution in [-0.2, 0) is 4.74 Å². The molecule has 1 unspecified atom stereocenters. The average Bonchev–Trinajstić information content (AvgIpc) is 2.30. The molecule has 2 heteroatoms. The lowest BCUT2D eigenvalue weighted by atomic mass is 9.84. The summed E-state index contributed by atoms with van der Waals surface area (Å²) < 4.78 is 5.91. The van der Waals surface area contributed by atoms with Crippen molar-refractivity contribution in [1.82, 2.24) is 4.90 Å². The first-order chi connectivity index (χ1) is 6.90. The molecule has 1 heterocycles. The van der Waals surface area contributed by atoms with Crippen LogP contribution < -0.4 is 0 Å². The minimum atomic E-state index is 0.545. The number of hydrogen-bond acceptors (Lipinski definition) is 2. The Morgan fingerprint density at radius 2 is 2.00 bits per heavy atom. The zero-order valence-corrected chi connectivity index (χ0v) is 9.37. The van der Waals surface area contributed by atoms with Crippen LogP contribution in [0.2, 0.25) is 0 Å². The van der Waals surface area contributed by atoms with E-state index in [1.807, 2.05) is 0 Å². The van der Waals surface area contributed by atoms with Crippen LogP contribution in [0.5, 0.6) is 0 Å². The Bertz CT molecular complexity index is 166. The molecule has 1 atom stereocenters. The van der Waals surface area contributed by atoms with Crippen LogP contribution in [0.4, 0.5) is 0 Å². The summed E-state index contributed by atoms with van der Waals surface area (Å²) in [5, 5.41) is 0. The van der Waals surface area contributed by atoms with Crippen molar-refractivity contribution in [2.45, 2.75) is 45.1 Å². The minimum Gasteiger partial charge on any atom is -0.375 e. The first-order valence-corrected chi connectivity index (χ1v) is 6.24. The van der Waals surface area contributed by atoms with Gasteiger partial charge in [-0.05, 0) is 25.3 Å². The molecule has 2 nitrogen and oxygen atoms in total. The lowest BCUT2D eigenvalue weighted by Gasteiger charge is -2.38. The maximum atomic E-state index is 5.91. The summed E-state index contributed by atoms with van der Waals surface area (Å²) in [5.74, 6) is 0.859. The summed E-state index contributed by atoms with van der Waals surface area (Å²) in [6.07, 6.45) is 7.65. The molecular formula is C12H23NO. The van der Waals surface area contributed by atoms with Gasteiger partial charge in [-0.15, -0.1) is 0 Å². The summed E-state index contributed by atoms with van der Waals surface area (Å²) in [4.78, 5) is 2.53. The zero-order chi connectivity index (χ0) is 9.80. The highest BCUT2D eigenvalue weighted by molar-refractivity contribution is 4.79. The largest absolute Gasteiger partial charge is 0.375 e. The summed E-state index contributed by atoms with van der Waals surface area (Å²) >= 11 is 0. The predicted molar refractivity (Wildman–Crippen MR) is 58.4 cm³/mol. The van der Waals surface area contributed by atoms with Crippen molar-refractivity contribution >= 4 is 0 Å². The van der Waals surface area contributed by atoms with Gasteiger partial charge >= 0.3 is 0 Å². The molecule has 0 radical (unpaired) electrons. The van der Waals surface area contributed by atoms with E-state index in [4.69, 9.17) is 4.74 Å². The predicted octanol–water partition coefficient (Wildman–Crippen LogP) is 2.29. The maximum Gasteiger partial charge on any atom is 0.0730 e. The molecular weight excluding hydrogens is 174 g/mol. The Morgan fingerprint density at radius 3 is 2.71 bits per heavy atom. The Balaban J connectivity index is 1.83. The fourth-order valence-electron chi connectivity index (χ4n) is 2.81. The third-order valence-electron chi connectivity index (χ3n) is 3.80. The third-order valence-corrected chi connectivity index (χ3v) is 3.80. The molecule has 82 valence electrons. The van der Waals surface area contributed by atoms with E-state index in [9.17, 15) is 0 Å². The number of hydrogen-bond donors (Lipinski definition) is 0. The van der Waals surface area contributed by atoms with Crippen molar-refractivity contribution in [3.8, 4) is 0 Å². The lowest BCUT2D eigenvalue weighted by molar-refractivity contribution is -0.0632. The van der Waals surface area contributed by atoms with E-state index in [-0.39, 0.29) is 0 Å². The number of likely N-dealkylation sites (N-methyl/N-ethyl adjacent to an activating group) is 1. The molecule has 0 N–H and O–H groups in total. The molecule has 0 aromatic carbocycles. The molecule has 14 heavy (non-hydrogen) atoms. The SMILES string of the molecule is CCN1CCOC(C2CCCCC2)C1. The highest BCUT2D eigenvalue weighted by Gasteiger charge is 2.28. The van der Waals surface area contributed by atoms with Gasteiger partial charge in [-0.3, -0.25) is 4.90 Å². The fourth-order valence-corrected chi connectivity index (χ4v) is 2.81. The van der Waals surface area contributed by atoms with Crippen molar-refractivity contribution < 1.29 is 4.74 Å². The average molecular weight is 197 g/mol. The van der Waals surface area contributed by atoms with Gasteiger partial charge in [0.2, 0.25) is 0 Å². The number of nitrogens with zero attached hydrogens (tertiary/aromatic N) is 1. The van der Waals surface area contributed by atoms with Gasteiger partial charge in [0.25, 0.3) is 0 Å². The van der Waals surface area contributed by atoms with Crippen molar-refractivity contribution in [3.05, 3.63) is 0 Å². The Morgan fingerprint density at radius 1 is 1.21 bits per heavy atom. The highest BCUT2D eigenvalue weighted by atomic mass is 16.5. The second-order valence-electron chi connectivity index (χ2n) is 4.70. The summed E-state index contributed by atoms with van der Waals surface area (Å²) in [5.41, 5.74) is 0. The Labute approximate surface area is 87.6 Å². The quantitative estimate of drug-likeness (QED) is 0.673.